The van der Waals surface area contributed by atoms with Crippen molar-refractivity contribution < 1.29 is 18.9 Å². The smallest absolute Gasteiger partial charge is 0.164 e. The Balaban J connectivity index is 1.52. The van der Waals surface area contributed by atoms with Gasteiger partial charge in [0.05, 0.1) is 31.6 Å². The van der Waals surface area contributed by atoms with Gasteiger partial charge in [-0.05, 0) is 45.1 Å². The highest BCUT2D eigenvalue weighted by Crippen LogP contribution is 2.25. The Bertz CT molecular complexity index is 620. The van der Waals surface area contributed by atoms with Crippen LogP contribution >= 0.6 is 0 Å². The predicted octanol–water partition coefficient (Wildman–Crippen LogP) is 3.60. The average molecular weight is 391 g/mol. The lowest BCUT2D eigenvalue weighted by Crippen LogP contribution is -2.47. The van der Waals surface area contributed by atoms with Crippen LogP contribution in [0.2, 0.25) is 0 Å². The lowest BCUT2D eigenvalue weighted by Gasteiger charge is -2.37. The lowest BCUT2D eigenvalue weighted by molar-refractivity contribution is -0.236. The highest BCUT2D eigenvalue weighted by Gasteiger charge is 2.35. The van der Waals surface area contributed by atoms with Crippen LogP contribution < -0.4 is 0 Å². The predicted molar refractivity (Wildman–Crippen MR) is 109 cm³/mol. The zero-order chi connectivity index (χ0) is 19.8. The molecule has 0 amide bonds. The van der Waals surface area contributed by atoms with Crippen molar-refractivity contribution in [1.29, 1.82) is 0 Å². The van der Waals surface area contributed by atoms with Crippen LogP contribution in [0.15, 0.2) is 35.4 Å². The van der Waals surface area contributed by atoms with Crippen molar-refractivity contribution in [2.24, 2.45) is 5.10 Å². The quantitative estimate of drug-likeness (QED) is 0.603. The average Bonchev–Trinajstić information content (AvgIpc) is 3.11. The number of hydrazone groups is 1. The van der Waals surface area contributed by atoms with E-state index in [4.69, 9.17) is 24.0 Å². The molecule has 0 aliphatic carbocycles. The number of methoxy groups -OCH3 is 1. The number of benzene rings is 1. The first-order valence-electron chi connectivity index (χ1n) is 10.3. The molecule has 6 heteroatoms. The first-order valence-corrected chi connectivity index (χ1v) is 10.3. The van der Waals surface area contributed by atoms with Crippen LogP contribution in [0.4, 0.5) is 0 Å². The van der Waals surface area contributed by atoms with E-state index in [0.29, 0.717) is 32.5 Å². The summed E-state index contributed by atoms with van der Waals surface area (Å²) in [5.41, 5.74) is 2.18. The lowest BCUT2D eigenvalue weighted by atomic mass is 10.1. The van der Waals surface area contributed by atoms with Gasteiger partial charge < -0.3 is 18.9 Å². The fourth-order valence-electron chi connectivity index (χ4n) is 3.72. The second-order valence-electron chi connectivity index (χ2n) is 7.98. The monoisotopic (exact) mass is 390 g/mol. The minimum Gasteiger partial charge on any atom is -0.382 e. The summed E-state index contributed by atoms with van der Waals surface area (Å²) >= 11 is 0. The molecular formula is C22H34N2O4. The van der Waals surface area contributed by atoms with E-state index in [9.17, 15) is 0 Å². The molecule has 0 N–H and O–H groups in total. The van der Waals surface area contributed by atoms with Gasteiger partial charge in [-0.2, -0.15) is 5.10 Å². The Morgan fingerprint density at radius 1 is 1.25 bits per heavy atom. The number of hydrogen-bond acceptors (Lipinski definition) is 6. The summed E-state index contributed by atoms with van der Waals surface area (Å²) in [6.45, 7) is 7.47. The van der Waals surface area contributed by atoms with E-state index in [1.54, 1.807) is 7.11 Å². The van der Waals surface area contributed by atoms with E-state index in [1.165, 1.54) is 5.56 Å². The summed E-state index contributed by atoms with van der Waals surface area (Å²) in [6, 6.07) is 10.6. The first kappa shape index (κ1) is 21.2. The maximum atomic E-state index is 6.19. The Hall–Kier alpha value is -1.47. The van der Waals surface area contributed by atoms with E-state index in [0.717, 1.165) is 37.9 Å². The molecule has 3 rings (SSSR count). The number of hydrogen-bond donors (Lipinski definition) is 0. The summed E-state index contributed by atoms with van der Waals surface area (Å²) in [5, 5.41) is 7.06. The van der Waals surface area contributed by atoms with E-state index in [-0.39, 0.29) is 6.10 Å². The Morgan fingerprint density at radius 2 is 2.07 bits per heavy atom. The molecule has 0 spiro atoms. The second kappa shape index (κ2) is 10.3. The molecule has 0 aromatic heterocycles. The molecule has 2 fully saturated rings. The van der Waals surface area contributed by atoms with Gasteiger partial charge in [-0.3, -0.25) is 5.01 Å². The molecule has 2 saturated heterocycles. The summed E-state index contributed by atoms with van der Waals surface area (Å²) in [4.78, 5) is 0. The van der Waals surface area contributed by atoms with Crippen LogP contribution in [-0.4, -0.2) is 62.1 Å². The van der Waals surface area contributed by atoms with Crippen LogP contribution in [0.5, 0.6) is 0 Å². The number of rotatable bonds is 9. The van der Waals surface area contributed by atoms with Crippen molar-refractivity contribution in [2.45, 2.75) is 64.1 Å². The first-order chi connectivity index (χ1) is 13.6. The third-order valence-corrected chi connectivity index (χ3v) is 5.19. The van der Waals surface area contributed by atoms with E-state index < -0.39 is 5.79 Å². The van der Waals surface area contributed by atoms with Gasteiger partial charge >= 0.3 is 0 Å². The molecule has 1 aromatic carbocycles. The van der Waals surface area contributed by atoms with Crippen molar-refractivity contribution in [2.75, 3.05) is 33.5 Å². The Labute approximate surface area is 168 Å². The van der Waals surface area contributed by atoms with E-state index in [1.807, 2.05) is 32.0 Å². The Kier molecular flexibility index (Phi) is 7.85. The molecule has 1 aromatic rings. The fourth-order valence-corrected chi connectivity index (χ4v) is 3.72. The van der Waals surface area contributed by atoms with E-state index >= 15 is 0 Å². The van der Waals surface area contributed by atoms with Gasteiger partial charge in [0.15, 0.2) is 5.79 Å². The number of nitrogens with zero attached hydrogens (tertiary/aromatic N) is 2. The van der Waals surface area contributed by atoms with Crippen molar-refractivity contribution in [3.63, 3.8) is 0 Å². The molecule has 0 saturated carbocycles. The van der Waals surface area contributed by atoms with E-state index in [2.05, 4.69) is 17.1 Å². The molecular weight excluding hydrogens is 356 g/mol. The SMILES string of the molecule is COC[C@@H]1CCCN1/N=C1\COC(C)(C)OC1CCCOCc1ccccc1. The van der Waals surface area contributed by atoms with Crippen LogP contribution in [0.3, 0.4) is 0 Å². The zero-order valence-electron chi connectivity index (χ0n) is 17.4. The van der Waals surface area contributed by atoms with Crippen LogP contribution in [0.25, 0.3) is 0 Å². The molecule has 2 aliphatic rings. The van der Waals surface area contributed by atoms with Gasteiger partial charge in [0.1, 0.15) is 6.10 Å². The molecule has 0 bridgehead atoms. The third-order valence-electron chi connectivity index (χ3n) is 5.19. The molecule has 6 nitrogen and oxygen atoms in total. The summed E-state index contributed by atoms with van der Waals surface area (Å²) in [5.74, 6) is -0.578. The molecule has 2 atom stereocenters. The molecule has 2 aliphatic heterocycles. The highest BCUT2D eigenvalue weighted by molar-refractivity contribution is 5.90. The summed E-state index contributed by atoms with van der Waals surface area (Å²) in [7, 11) is 1.75. The van der Waals surface area contributed by atoms with Crippen LogP contribution in [0.1, 0.15) is 45.1 Å². The maximum Gasteiger partial charge on any atom is 0.164 e. The van der Waals surface area contributed by atoms with Crippen molar-refractivity contribution in [3.05, 3.63) is 35.9 Å². The molecule has 2 heterocycles. The third kappa shape index (κ3) is 6.27. The topological polar surface area (TPSA) is 52.5 Å². The van der Waals surface area contributed by atoms with Gasteiger partial charge in [0.2, 0.25) is 0 Å². The minimum absolute atomic E-state index is 0.0344. The van der Waals surface area contributed by atoms with Gasteiger partial charge in [0.25, 0.3) is 0 Å². The standard InChI is InChI=1S/C22H34N2O4/c1-22(2)27-17-20(23-24-13-7-11-19(24)16-25-3)21(28-22)12-8-14-26-15-18-9-5-4-6-10-18/h4-6,9-10,19,21H,7-8,11-17H2,1-3H3/b23-20+/t19-,21?/m0/s1. The minimum atomic E-state index is -0.578. The highest BCUT2D eigenvalue weighted by atomic mass is 16.7. The Morgan fingerprint density at radius 3 is 2.86 bits per heavy atom. The summed E-state index contributed by atoms with van der Waals surface area (Å²) < 4.78 is 23.2. The van der Waals surface area contributed by atoms with Crippen molar-refractivity contribution in [3.8, 4) is 0 Å². The molecule has 28 heavy (non-hydrogen) atoms. The van der Waals surface area contributed by atoms with Gasteiger partial charge in [-0.15, -0.1) is 0 Å². The van der Waals surface area contributed by atoms with Crippen molar-refractivity contribution in [1.82, 2.24) is 5.01 Å². The number of ether oxygens (including phenoxy) is 4. The van der Waals surface area contributed by atoms with Crippen LogP contribution in [0, 0.1) is 0 Å². The van der Waals surface area contributed by atoms with Crippen molar-refractivity contribution >= 4 is 5.71 Å². The molecule has 156 valence electrons. The van der Waals surface area contributed by atoms with Crippen LogP contribution in [-0.2, 0) is 25.6 Å². The summed E-state index contributed by atoms with van der Waals surface area (Å²) in [6.07, 6.45) is 4.04. The second-order valence-corrected chi connectivity index (χ2v) is 7.98. The zero-order valence-corrected chi connectivity index (χ0v) is 17.4. The normalized spacial score (nSPS) is 26.1. The largest absolute Gasteiger partial charge is 0.382 e. The fraction of sp³-hybridized carbons (Fsp3) is 0.682. The molecule has 0 radical (unpaired) electrons. The molecule has 1 unspecified atom stereocenters. The van der Waals surface area contributed by atoms with Gasteiger partial charge in [0, 0.05) is 20.3 Å². The van der Waals surface area contributed by atoms with Gasteiger partial charge in [-0.25, -0.2) is 0 Å². The maximum absolute atomic E-state index is 6.19. The van der Waals surface area contributed by atoms with Gasteiger partial charge in [-0.1, -0.05) is 30.3 Å².